The zero-order valence-corrected chi connectivity index (χ0v) is 9.85. The first-order chi connectivity index (χ1) is 8.69. The molecule has 4 nitrogen and oxygen atoms in total. The molecule has 0 aromatic carbocycles. The molecule has 0 radical (unpaired) electrons. The Morgan fingerprint density at radius 2 is 2.28 bits per heavy atom. The van der Waals surface area contributed by atoms with Crippen molar-refractivity contribution < 1.29 is 13.5 Å². The van der Waals surface area contributed by atoms with Crippen molar-refractivity contribution in [2.75, 3.05) is 0 Å². The highest BCUT2D eigenvalue weighted by Crippen LogP contribution is 2.43. The predicted molar refractivity (Wildman–Crippen MR) is 60.1 cm³/mol. The van der Waals surface area contributed by atoms with E-state index in [-0.39, 0.29) is 30.4 Å². The highest BCUT2D eigenvalue weighted by atomic mass is 19.3. The Morgan fingerprint density at radius 1 is 1.44 bits per heavy atom. The average molecular weight is 255 g/mol. The maximum absolute atomic E-state index is 12.9. The minimum Gasteiger partial charge on any atom is -0.374 e. The predicted octanol–water partition coefficient (Wildman–Crippen LogP) is 1.91. The third-order valence-corrected chi connectivity index (χ3v) is 3.78. The fourth-order valence-corrected chi connectivity index (χ4v) is 2.87. The lowest BCUT2D eigenvalue weighted by atomic mass is 9.88. The quantitative estimate of drug-likeness (QED) is 0.896. The van der Waals surface area contributed by atoms with Crippen LogP contribution in [0.4, 0.5) is 8.78 Å². The topological polar surface area (TPSA) is 61.0 Å². The van der Waals surface area contributed by atoms with Gasteiger partial charge in [-0.3, -0.25) is 0 Å². The Kier molecular flexibility index (Phi) is 2.99. The van der Waals surface area contributed by atoms with Crippen LogP contribution in [0.1, 0.15) is 48.7 Å². The normalized spacial score (nSPS) is 30.3. The maximum Gasteiger partial charge on any atom is 0.280 e. The van der Waals surface area contributed by atoms with Crippen molar-refractivity contribution in [1.29, 1.82) is 0 Å². The van der Waals surface area contributed by atoms with Crippen molar-refractivity contribution in [3.05, 3.63) is 23.3 Å². The van der Waals surface area contributed by atoms with Gasteiger partial charge in [-0.1, -0.05) is 0 Å². The lowest BCUT2D eigenvalue weighted by Gasteiger charge is -2.18. The van der Waals surface area contributed by atoms with E-state index in [1.807, 2.05) is 0 Å². The lowest BCUT2D eigenvalue weighted by molar-refractivity contribution is 0.0995. The summed E-state index contributed by atoms with van der Waals surface area (Å²) < 4.78 is 31.5. The third kappa shape index (κ3) is 1.89. The molecule has 2 N–H and O–H groups in total. The Bertz CT molecular complexity index is 455. The van der Waals surface area contributed by atoms with E-state index in [1.54, 1.807) is 0 Å². The molecule has 1 aromatic heterocycles. The molecule has 0 spiro atoms. The van der Waals surface area contributed by atoms with Gasteiger partial charge in [0.2, 0.25) is 0 Å². The van der Waals surface area contributed by atoms with Crippen LogP contribution in [0.25, 0.3) is 0 Å². The number of halogens is 2. The molecule has 0 aliphatic carbocycles. The zero-order valence-electron chi connectivity index (χ0n) is 9.85. The van der Waals surface area contributed by atoms with Crippen LogP contribution in [0.5, 0.6) is 0 Å². The van der Waals surface area contributed by atoms with Gasteiger partial charge in [-0.25, -0.2) is 18.7 Å². The molecule has 2 fully saturated rings. The third-order valence-electron chi connectivity index (χ3n) is 3.78. The van der Waals surface area contributed by atoms with E-state index in [1.165, 1.54) is 6.20 Å². The highest BCUT2D eigenvalue weighted by Gasteiger charge is 2.43. The van der Waals surface area contributed by atoms with Crippen LogP contribution >= 0.6 is 0 Å². The highest BCUT2D eigenvalue weighted by molar-refractivity contribution is 5.21. The number of ether oxygens (including phenoxy) is 1. The zero-order chi connectivity index (χ0) is 12.7. The number of alkyl halides is 2. The molecule has 18 heavy (non-hydrogen) atoms. The molecule has 1 aromatic rings. The van der Waals surface area contributed by atoms with Gasteiger partial charge < -0.3 is 10.5 Å². The Balaban J connectivity index is 1.91. The van der Waals surface area contributed by atoms with Gasteiger partial charge in [0.25, 0.3) is 6.43 Å². The van der Waals surface area contributed by atoms with Crippen molar-refractivity contribution in [3.8, 4) is 0 Å². The van der Waals surface area contributed by atoms with E-state index in [4.69, 9.17) is 10.5 Å². The van der Waals surface area contributed by atoms with Gasteiger partial charge >= 0.3 is 0 Å². The van der Waals surface area contributed by atoms with Crippen LogP contribution in [-0.4, -0.2) is 22.2 Å². The summed E-state index contributed by atoms with van der Waals surface area (Å²) in [7, 11) is 0. The summed E-state index contributed by atoms with van der Waals surface area (Å²) >= 11 is 0. The van der Waals surface area contributed by atoms with Crippen LogP contribution in [0, 0.1) is 0 Å². The number of hydrogen-bond acceptors (Lipinski definition) is 4. The molecule has 2 aliphatic rings. The van der Waals surface area contributed by atoms with E-state index < -0.39 is 6.43 Å². The second kappa shape index (κ2) is 4.51. The minimum absolute atomic E-state index is 0.0349. The van der Waals surface area contributed by atoms with E-state index >= 15 is 0 Å². The molecule has 3 rings (SSSR count). The van der Waals surface area contributed by atoms with Gasteiger partial charge in [0.1, 0.15) is 11.5 Å². The molecule has 3 unspecified atom stereocenters. The second-order valence-corrected chi connectivity index (χ2v) is 4.86. The van der Waals surface area contributed by atoms with Gasteiger partial charge in [0.05, 0.1) is 12.2 Å². The summed E-state index contributed by atoms with van der Waals surface area (Å²) in [6, 6.07) is 0. The molecule has 2 aliphatic heterocycles. The minimum atomic E-state index is -2.61. The Hall–Kier alpha value is -1.14. The first-order valence-electron chi connectivity index (χ1n) is 6.18. The van der Waals surface area contributed by atoms with Crippen molar-refractivity contribution in [2.45, 2.75) is 50.4 Å². The molecular formula is C12H15F2N3O. The van der Waals surface area contributed by atoms with Crippen LogP contribution in [0.3, 0.4) is 0 Å². The van der Waals surface area contributed by atoms with E-state index in [0.717, 1.165) is 19.3 Å². The number of aromatic nitrogens is 2. The van der Waals surface area contributed by atoms with Crippen LogP contribution in [-0.2, 0) is 11.3 Å². The lowest BCUT2D eigenvalue weighted by Crippen LogP contribution is -2.19. The SMILES string of the molecule is NCc1cnc(C2CC3CCC2O3)nc1C(F)F. The molecule has 6 heteroatoms. The van der Waals surface area contributed by atoms with Crippen LogP contribution < -0.4 is 5.73 Å². The van der Waals surface area contributed by atoms with Gasteiger partial charge in [0, 0.05) is 24.2 Å². The molecule has 98 valence electrons. The van der Waals surface area contributed by atoms with Gasteiger partial charge in [0.15, 0.2) is 0 Å². The standard InChI is InChI=1S/C12H15F2N3O/c13-11(14)10-6(4-15)5-16-12(17-10)8-3-7-1-2-9(8)18-7/h5,7-9,11H,1-4,15H2. The first kappa shape index (κ1) is 11.9. The Labute approximate surface area is 104 Å². The van der Waals surface area contributed by atoms with Crippen LogP contribution in [0.15, 0.2) is 6.20 Å². The van der Waals surface area contributed by atoms with Crippen molar-refractivity contribution >= 4 is 0 Å². The molecule has 0 amide bonds. The molecule has 3 atom stereocenters. The molecule has 2 saturated heterocycles. The number of hydrogen-bond donors (Lipinski definition) is 1. The number of nitrogens with zero attached hydrogens (tertiary/aromatic N) is 2. The van der Waals surface area contributed by atoms with E-state index in [9.17, 15) is 8.78 Å². The van der Waals surface area contributed by atoms with Gasteiger partial charge in [-0.05, 0) is 19.3 Å². The second-order valence-electron chi connectivity index (χ2n) is 4.86. The summed E-state index contributed by atoms with van der Waals surface area (Å²) in [6.07, 6.45) is 2.05. The fraction of sp³-hybridized carbons (Fsp3) is 0.667. The molecule has 3 heterocycles. The summed E-state index contributed by atoms with van der Waals surface area (Å²) in [5.74, 6) is 0.544. The summed E-state index contributed by atoms with van der Waals surface area (Å²) in [5.41, 5.74) is 5.50. The van der Waals surface area contributed by atoms with Gasteiger partial charge in [-0.15, -0.1) is 0 Å². The summed E-state index contributed by atoms with van der Waals surface area (Å²) in [4.78, 5) is 8.21. The maximum atomic E-state index is 12.9. The van der Waals surface area contributed by atoms with E-state index in [0.29, 0.717) is 11.4 Å². The summed E-state index contributed by atoms with van der Waals surface area (Å²) in [5, 5.41) is 0. The molecule has 2 bridgehead atoms. The first-order valence-corrected chi connectivity index (χ1v) is 6.18. The van der Waals surface area contributed by atoms with Crippen molar-refractivity contribution in [1.82, 2.24) is 9.97 Å². The van der Waals surface area contributed by atoms with Crippen molar-refractivity contribution in [3.63, 3.8) is 0 Å². The van der Waals surface area contributed by atoms with E-state index in [2.05, 4.69) is 9.97 Å². The average Bonchev–Trinajstić information content (AvgIpc) is 3.00. The Morgan fingerprint density at radius 3 is 2.83 bits per heavy atom. The number of nitrogens with two attached hydrogens (primary N) is 1. The van der Waals surface area contributed by atoms with Crippen LogP contribution in [0.2, 0.25) is 0 Å². The molecule has 0 saturated carbocycles. The van der Waals surface area contributed by atoms with Crippen molar-refractivity contribution in [2.24, 2.45) is 5.73 Å². The number of rotatable bonds is 3. The largest absolute Gasteiger partial charge is 0.374 e. The monoisotopic (exact) mass is 255 g/mol. The fourth-order valence-electron chi connectivity index (χ4n) is 2.87. The van der Waals surface area contributed by atoms with Gasteiger partial charge in [-0.2, -0.15) is 0 Å². The summed E-state index contributed by atoms with van der Waals surface area (Å²) in [6.45, 7) is 0.0349. The smallest absolute Gasteiger partial charge is 0.280 e. The molecular weight excluding hydrogens is 240 g/mol. The number of fused-ring (bicyclic) bond motifs is 2.